The molecule has 1 amide bonds. The first-order chi connectivity index (χ1) is 10.9. The summed E-state index contributed by atoms with van der Waals surface area (Å²) in [5.74, 6) is 0.0238. The van der Waals surface area contributed by atoms with E-state index < -0.39 is 10.0 Å². The van der Waals surface area contributed by atoms with Gasteiger partial charge in [-0.25, -0.2) is 8.42 Å². The second-order valence-electron chi connectivity index (χ2n) is 5.80. The van der Waals surface area contributed by atoms with E-state index in [9.17, 15) is 13.2 Å². The first-order valence-electron chi connectivity index (χ1n) is 7.90. The lowest BCUT2D eigenvalue weighted by molar-refractivity contribution is -0.130. The van der Waals surface area contributed by atoms with Gasteiger partial charge in [-0.3, -0.25) is 4.79 Å². The van der Waals surface area contributed by atoms with Crippen LogP contribution in [0, 0.1) is 6.92 Å². The highest BCUT2D eigenvalue weighted by Crippen LogP contribution is 2.17. The molecule has 1 aliphatic rings. The van der Waals surface area contributed by atoms with Gasteiger partial charge in [0.15, 0.2) is 0 Å². The number of hydrogen-bond donors (Lipinski definition) is 0. The van der Waals surface area contributed by atoms with Crippen molar-refractivity contribution in [1.29, 1.82) is 0 Å². The number of likely N-dealkylation sites (tertiary alicyclic amines) is 1. The fraction of sp³-hybridized carbons (Fsp3) is 0.471. The highest BCUT2D eigenvalue weighted by Gasteiger charge is 2.25. The number of rotatable bonds is 7. The Morgan fingerprint density at radius 2 is 1.87 bits per heavy atom. The van der Waals surface area contributed by atoms with Crippen LogP contribution in [0.15, 0.2) is 41.8 Å². The number of carbonyl (C=O) groups excluding carboxylic acids is 1. The Hall–Kier alpha value is -1.66. The fourth-order valence-corrected chi connectivity index (χ4v) is 4.07. The van der Waals surface area contributed by atoms with Crippen LogP contribution >= 0.6 is 0 Å². The van der Waals surface area contributed by atoms with Gasteiger partial charge in [-0.05, 0) is 31.9 Å². The Bertz CT molecular complexity index is 647. The summed E-state index contributed by atoms with van der Waals surface area (Å²) in [5, 5.41) is 0. The second kappa shape index (κ2) is 7.75. The Morgan fingerprint density at radius 3 is 2.43 bits per heavy atom. The highest BCUT2D eigenvalue weighted by molar-refractivity contribution is 7.89. The summed E-state index contributed by atoms with van der Waals surface area (Å²) < 4.78 is 26.8. The van der Waals surface area contributed by atoms with Crippen LogP contribution in [0.25, 0.3) is 0 Å². The Balaban J connectivity index is 2.08. The molecule has 0 radical (unpaired) electrons. The maximum Gasteiger partial charge on any atom is 0.243 e. The van der Waals surface area contributed by atoms with E-state index in [1.165, 1.54) is 4.31 Å². The third-order valence-corrected chi connectivity index (χ3v) is 5.90. The molecule has 5 nitrogen and oxygen atoms in total. The zero-order chi connectivity index (χ0) is 16.9. The van der Waals surface area contributed by atoms with Crippen molar-refractivity contribution >= 4 is 15.9 Å². The molecule has 0 saturated carbocycles. The maximum absolute atomic E-state index is 12.7. The lowest BCUT2D eigenvalue weighted by Gasteiger charge is -2.22. The molecule has 2 rings (SSSR count). The quantitative estimate of drug-likeness (QED) is 0.717. The molecule has 0 aliphatic carbocycles. The molecule has 1 heterocycles. The van der Waals surface area contributed by atoms with Crippen molar-refractivity contribution in [3.63, 3.8) is 0 Å². The van der Waals surface area contributed by atoms with Crippen LogP contribution in [0.5, 0.6) is 0 Å². The van der Waals surface area contributed by atoms with Crippen LogP contribution < -0.4 is 0 Å². The molecule has 23 heavy (non-hydrogen) atoms. The summed E-state index contributed by atoms with van der Waals surface area (Å²) in [6.07, 6.45) is 3.82. The molecule has 0 unspecified atom stereocenters. The van der Waals surface area contributed by atoms with Gasteiger partial charge in [-0.15, -0.1) is 6.58 Å². The van der Waals surface area contributed by atoms with Crippen molar-refractivity contribution in [2.75, 3.05) is 26.2 Å². The summed E-state index contributed by atoms with van der Waals surface area (Å²) in [4.78, 5) is 14.2. The van der Waals surface area contributed by atoms with Crippen molar-refractivity contribution in [1.82, 2.24) is 9.21 Å². The standard InChI is InChI=1S/C17H24N2O3S/c1-3-11-19(14-10-17(20)18-12-4-5-13-18)23(21,22)16-8-6-15(2)7-9-16/h3,6-9H,1,4-5,10-14H2,2H3. The minimum atomic E-state index is -3.61. The van der Waals surface area contributed by atoms with Crippen LogP contribution in [-0.2, 0) is 14.8 Å². The van der Waals surface area contributed by atoms with Crippen molar-refractivity contribution in [3.05, 3.63) is 42.5 Å². The number of nitrogens with zero attached hydrogens (tertiary/aromatic N) is 2. The molecule has 0 spiro atoms. The maximum atomic E-state index is 12.7. The van der Waals surface area contributed by atoms with Gasteiger partial charge < -0.3 is 4.90 Å². The molecule has 1 aromatic carbocycles. The van der Waals surface area contributed by atoms with Gasteiger partial charge >= 0.3 is 0 Å². The number of carbonyl (C=O) groups is 1. The Labute approximate surface area is 138 Å². The topological polar surface area (TPSA) is 57.7 Å². The van der Waals surface area contributed by atoms with E-state index in [2.05, 4.69) is 6.58 Å². The number of aryl methyl sites for hydroxylation is 1. The molecular formula is C17H24N2O3S. The zero-order valence-corrected chi connectivity index (χ0v) is 14.4. The average molecular weight is 336 g/mol. The third kappa shape index (κ3) is 4.42. The predicted molar refractivity (Wildman–Crippen MR) is 90.6 cm³/mol. The molecule has 0 bridgehead atoms. The van der Waals surface area contributed by atoms with Crippen LogP contribution in [0.4, 0.5) is 0 Å². The van der Waals surface area contributed by atoms with Crippen LogP contribution in [0.2, 0.25) is 0 Å². The van der Waals surface area contributed by atoms with Gasteiger partial charge in [-0.2, -0.15) is 4.31 Å². The minimum Gasteiger partial charge on any atom is -0.343 e. The average Bonchev–Trinajstić information content (AvgIpc) is 3.06. The molecule has 0 aromatic heterocycles. The van der Waals surface area contributed by atoms with E-state index in [1.54, 1.807) is 30.3 Å². The first kappa shape index (κ1) is 17.7. The summed E-state index contributed by atoms with van der Waals surface area (Å²) in [6.45, 7) is 7.48. The van der Waals surface area contributed by atoms with Crippen molar-refractivity contribution < 1.29 is 13.2 Å². The molecular weight excluding hydrogens is 312 g/mol. The molecule has 1 fully saturated rings. The van der Waals surface area contributed by atoms with E-state index >= 15 is 0 Å². The third-order valence-electron chi connectivity index (χ3n) is 4.03. The zero-order valence-electron chi connectivity index (χ0n) is 13.6. The van der Waals surface area contributed by atoms with Gasteiger partial charge in [0.2, 0.25) is 15.9 Å². The van der Waals surface area contributed by atoms with Crippen molar-refractivity contribution in [3.8, 4) is 0 Å². The Morgan fingerprint density at radius 1 is 1.26 bits per heavy atom. The summed E-state index contributed by atoms with van der Waals surface area (Å²) in [7, 11) is -3.61. The molecule has 6 heteroatoms. The van der Waals surface area contributed by atoms with E-state index in [-0.39, 0.29) is 30.3 Å². The van der Waals surface area contributed by atoms with Crippen molar-refractivity contribution in [2.45, 2.75) is 31.1 Å². The summed E-state index contributed by atoms with van der Waals surface area (Å²) in [5.41, 5.74) is 1.00. The number of hydrogen-bond acceptors (Lipinski definition) is 3. The fourth-order valence-electron chi connectivity index (χ4n) is 2.66. The normalized spacial score (nSPS) is 15.1. The summed E-state index contributed by atoms with van der Waals surface area (Å²) in [6, 6.07) is 6.74. The number of benzene rings is 1. The molecule has 1 saturated heterocycles. The van der Waals surface area contributed by atoms with Crippen LogP contribution in [0.3, 0.4) is 0 Å². The smallest absolute Gasteiger partial charge is 0.243 e. The van der Waals surface area contributed by atoms with E-state index in [0.29, 0.717) is 0 Å². The van der Waals surface area contributed by atoms with E-state index in [4.69, 9.17) is 0 Å². The van der Waals surface area contributed by atoms with Gasteiger partial charge in [0.1, 0.15) is 0 Å². The van der Waals surface area contributed by atoms with Crippen molar-refractivity contribution in [2.24, 2.45) is 0 Å². The van der Waals surface area contributed by atoms with E-state index in [1.807, 2.05) is 11.8 Å². The van der Waals surface area contributed by atoms with Gasteiger partial charge in [0.05, 0.1) is 4.90 Å². The first-order valence-corrected chi connectivity index (χ1v) is 9.34. The molecule has 0 N–H and O–H groups in total. The number of sulfonamides is 1. The second-order valence-corrected chi connectivity index (χ2v) is 7.74. The highest BCUT2D eigenvalue weighted by atomic mass is 32.2. The van der Waals surface area contributed by atoms with Gasteiger partial charge in [-0.1, -0.05) is 23.8 Å². The van der Waals surface area contributed by atoms with Crippen LogP contribution in [0.1, 0.15) is 24.8 Å². The van der Waals surface area contributed by atoms with E-state index in [0.717, 1.165) is 31.5 Å². The molecule has 0 atom stereocenters. The monoisotopic (exact) mass is 336 g/mol. The molecule has 126 valence electrons. The van der Waals surface area contributed by atoms with Gasteiger partial charge in [0, 0.05) is 32.6 Å². The minimum absolute atomic E-state index is 0.0238. The molecule has 1 aromatic rings. The Kier molecular flexibility index (Phi) is 5.96. The SMILES string of the molecule is C=CCN(CCC(=O)N1CCCC1)S(=O)(=O)c1ccc(C)cc1. The van der Waals surface area contributed by atoms with Crippen LogP contribution in [-0.4, -0.2) is 49.7 Å². The summed E-state index contributed by atoms with van der Waals surface area (Å²) >= 11 is 0. The largest absolute Gasteiger partial charge is 0.343 e. The molecule has 1 aliphatic heterocycles. The van der Waals surface area contributed by atoms with Gasteiger partial charge in [0.25, 0.3) is 0 Å². The lowest BCUT2D eigenvalue weighted by Crippen LogP contribution is -2.36. The lowest BCUT2D eigenvalue weighted by atomic mass is 10.2. The predicted octanol–water partition coefficient (Wildman–Crippen LogP) is 2.18. The number of amides is 1.